The van der Waals surface area contributed by atoms with Crippen molar-refractivity contribution in [1.82, 2.24) is 10.2 Å². The van der Waals surface area contributed by atoms with Crippen molar-refractivity contribution in [3.05, 3.63) is 0 Å². The van der Waals surface area contributed by atoms with Crippen LogP contribution in [0.4, 0.5) is 0 Å². The van der Waals surface area contributed by atoms with Crippen LogP contribution in [-0.2, 0) is 0 Å². The molecule has 2 saturated carbocycles. The van der Waals surface area contributed by atoms with Gasteiger partial charge in [-0.25, -0.2) is 0 Å². The molecule has 0 spiro atoms. The van der Waals surface area contributed by atoms with Gasteiger partial charge in [0.15, 0.2) is 5.96 Å². The molecule has 110 valence electrons. The zero-order valence-electron chi connectivity index (χ0n) is 12.6. The summed E-state index contributed by atoms with van der Waals surface area (Å²) in [6.07, 6.45) is 9.37. The Labute approximate surface area is 117 Å². The molecule has 4 heteroatoms. The summed E-state index contributed by atoms with van der Waals surface area (Å²) in [5, 5.41) is 3.29. The fourth-order valence-corrected chi connectivity index (χ4v) is 3.42. The molecule has 0 aromatic rings. The number of nitrogens with two attached hydrogens (primary N) is 1. The highest BCUT2D eigenvalue weighted by Crippen LogP contribution is 2.38. The van der Waals surface area contributed by atoms with Gasteiger partial charge in [0.05, 0.1) is 0 Å². The van der Waals surface area contributed by atoms with E-state index in [0.717, 1.165) is 25.6 Å². The topological polar surface area (TPSA) is 53.6 Å². The minimum Gasteiger partial charge on any atom is -0.370 e. The van der Waals surface area contributed by atoms with Gasteiger partial charge in [0.2, 0.25) is 0 Å². The maximum Gasteiger partial charge on any atom is 0.188 e. The molecule has 0 aliphatic heterocycles. The van der Waals surface area contributed by atoms with Crippen LogP contribution in [0, 0.1) is 11.3 Å². The van der Waals surface area contributed by atoms with Crippen molar-refractivity contribution in [3.63, 3.8) is 0 Å². The smallest absolute Gasteiger partial charge is 0.188 e. The maximum atomic E-state index is 5.99. The number of aliphatic imine (C=N–C) groups is 1. The van der Waals surface area contributed by atoms with Crippen molar-refractivity contribution in [1.29, 1.82) is 0 Å². The molecule has 0 unspecified atom stereocenters. The lowest BCUT2D eigenvalue weighted by Crippen LogP contribution is -2.39. The molecule has 0 amide bonds. The molecule has 2 aliphatic carbocycles. The number of nitrogens with one attached hydrogen (secondary N) is 1. The standard InChI is InChI=1S/C15H30N4/c1-19(2)12-15(8-3-4-9-15)11-18-14(16)17-10-13-6-5-7-13/h13H,3-12H2,1-2H3,(H3,16,17,18). The lowest BCUT2D eigenvalue weighted by atomic mass is 9.85. The van der Waals surface area contributed by atoms with Crippen LogP contribution < -0.4 is 11.1 Å². The van der Waals surface area contributed by atoms with Crippen LogP contribution in [0.3, 0.4) is 0 Å². The molecular weight excluding hydrogens is 236 g/mol. The van der Waals surface area contributed by atoms with Gasteiger partial charge in [0.1, 0.15) is 0 Å². The zero-order chi connectivity index (χ0) is 13.7. The molecule has 0 aromatic carbocycles. The molecule has 0 saturated heterocycles. The molecule has 3 N–H and O–H groups in total. The number of hydrogen-bond donors (Lipinski definition) is 2. The summed E-state index contributed by atoms with van der Waals surface area (Å²) in [7, 11) is 4.31. The molecule has 19 heavy (non-hydrogen) atoms. The molecule has 0 atom stereocenters. The fourth-order valence-electron chi connectivity index (χ4n) is 3.42. The van der Waals surface area contributed by atoms with E-state index in [1.807, 2.05) is 0 Å². The summed E-state index contributed by atoms with van der Waals surface area (Å²) in [4.78, 5) is 6.91. The van der Waals surface area contributed by atoms with Crippen LogP contribution in [0.1, 0.15) is 44.9 Å². The van der Waals surface area contributed by atoms with Gasteiger partial charge in [0, 0.05) is 25.0 Å². The first kappa shape index (κ1) is 14.6. The monoisotopic (exact) mass is 266 g/mol. The van der Waals surface area contributed by atoms with Crippen molar-refractivity contribution < 1.29 is 0 Å². The molecule has 2 fully saturated rings. The SMILES string of the molecule is CN(C)CC1(CN=C(N)NCC2CCC2)CCCC1. The number of guanidine groups is 1. The van der Waals surface area contributed by atoms with Crippen molar-refractivity contribution in [3.8, 4) is 0 Å². The maximum absolute atomic E-state index is 5.99. The summed E-state index contributed by atoms with van der Waals surface area (Å²) < 4.78 is 0. The second-order valence-corrected chi connectivity index (χ2v) is 6.82. The Bertz CT molecular complexity index is 301. The summed E-state index contributed by atoms with van der Waals surface area (Å²) in [5.41, 5.74) is 6.36. The van der Waals surface area contributed by atoms with Crippen LogP contribution in [0.2, 0.25) is 0 Å². The fraction of sp³-hybridized carbons (Fsp3) is 0.933. The van der Waals surface area contributed by atoms with E-state index in [4.69, 9.17) is 5.73 Å². The van der Waals surface area contributed by atoms with E-state index in [1.165, 1.54) is 44.9 Å². The second kappa shape index (κ2) is 6.60. The average Bonchev–Trinajstić information content (AvgIpc) is 2.72. The Balaban J connectivity index is 1.79. The van der Waals surface area contributed by atoms with Gasteiger partial charge in [-0.1, -0.05) is 19.3 Å². The van der Waals surface area contributed by atoms with E-state index in [2.05, 4.69) is 29.3 Å². The third-order valence-corrected chi connectivity index (χ3v) is 4.70. The van der Waals surface area contributed by atoms with Gasteiger partial charge in [0.25, 0.3) is 0 Å². The number of nitrogens with zero attached hydrogens (tertiary/aromatic N) is 2. The highest BCUT2D eigenvalue weighted by molar-refractivity contribution is 5.77. The Morgan fingerprint density at radius 3 is 2.47 bits per heavy atom. The summed E-state index contributed by atoms with van der Waals surface area (Å²) >= 11 is 0. The Kier molecular flexibility index (Phi) is 5.08. The van der Waals surface area contributed by atoms with Crippen molar-refractivity contribution in [2.45, 2.75) is 44.9 Å². The molecule has 4 nitrogen and oxygen atoms in total. The van der Waals surface area contributed by atoms with E-state index in [-0.39, 0.29) is 0 Å². The first-order valence-electron chi connectivity index (χ1n) is 7.78. The second-order valence-electron chi connectivity index (χ2n) is 6.82. The molecular formula is C15H30N4. The molecule has 0 heterocycles. The number of rotatable bonds is 6. The van der Waals surface area contributed by atoms with E-state index in [0.29, 0.717) is 11.4 Å². The van der Waals surface area contributed by atoms with Gasteiger partial charge in [-0.2, -0.15) is 0 Å². The largest absolute Gasteiger partial charge is 0.370 e. The van der Waals surface area contributed by atoms with Crippen molar-refractivity contribution >= 4 is 5.96 Å². The first-order valence-corrected chi connectivity index (χ1v) is 7.78. The highest BCUT2D eigenvalue weighted by Gasteiger charge is 2.34. The van der Waals surface area contributed by atoms with E-state index in [1.54, 1.807) is 0 Å². The van der Waals surface area contributed by atoms with Crippen LogP contribution in [0.25, 0.3) is 0 Å². The van der Waals surface area contributed by atoms with Crippen LogP contribution in [-0.4, -0.2) is 44.6 Å². The molecule has 2 rings (SSSR count). The predicted octanol–water partition coefficient (Wildman–Crippen LogP) is 1.81. The third-order valence-electron chi connectivity index (χ3n) is 4.70. The minimum absolute atomic E-state index is 0.367. The molecule has 0 bridgehead atoms. The molecule has 0 aromatic heterocycles. The lowest BCUT2D eigenvalue weighted by molar-refractivity contribution is 0.210. The summed E-state index contributed by atoms with van der Waals surface area (Å²) in [6, 6.07) is 0. The van der Waals surface area contributed by atoms with E-state index < -0.39 is 0 Å². The first-order chi connectivity index (χ1) is 9.10. The van der Waals surface area contributed by atoms with Crippen molar-refractivity contribution in [2.75, 3.05) is 33.7 Å². The number of hydrogen-bond acceptors (Lipinski definition) is 2. The third kappa shape index (κ3) is 4.37. The minimum atomic E-state index is 0.367. The quantitative estimate of drug-likeness (QED) is 0.569. The average molecular weight is 266 g/mol. The zero-order valence-corrected chi connectivity index (χ0v) is 12.6. The normalized spacial score (nSPS) is 23.6. The molecule has 2 aliphatic rings. The van der Waals surface area contributed by atoms with Crippen LogP contribution >= 0.6 is 0 Å². The van der Waals surface area contributed by atoms with Gasteiger partial charge in [-0.05, 0) is 45.7 Å². The Morgan fingerprint density at radius 2 is 1.95 bits per heavy atom. The Hall–Kier alpha value is -0.770. The Morgan fingerprint density at radius 1 is 1.26 bits per heavy atom. The summed E-state index contributed by atoms with van der Waals surface area (Å²) in [6.45, 7) is 3.02. The van der Waals surface area contributed by atoms with Gasteiger partial charge in [-0.15, -0.1) is 0 Å². The van der Waals surface area contributed by atoms with Gasteiger partial charge in [-0.3, -0.25) is 4.99 Å². The van der Waals surface area contributed by atoms with E-state index >= 15 is 0 Å². The van der Waals surface area contributed by atoms with Gasteiger partial charge >= 0.3 is 0 Å². The van der Waals surface area contributed by atoms with Crippen LogP contribution in [0.5, 0.6) is 0 Å². The van der Waals surface area contributed by atoms with Gasteiger partial charge < -0.3 is 16.0 Å². The predicted molar refractivity (Wildman–Crippen MR) is 81.3 cm³/mol. The van der Waals surface area contributed by atoms with E-state index in [9.17, 15) is 0 Å². The van der Waals surface area contributed by atoms with Crippen LogP contribution in [0.15, 0.2) is 4.99 Å². The lowest BCUT2D eigenvalue weighted by Gasteiger charge is -2.30. The molecule has 0 radical (unpaired) electrons. The van der Waals surface area contributed by atoms with Crippen molar-refractivity contribution in [2.24, 2.45) is 22.1 Å². The highest BCUT2D eigenvalue weighted by atomic mass is 15.1. The summed E-state index contributed by atoms with van der Waals surface area (Å²) in [5.74, 6) is 1.48.